The number of nitrogens with two attached hydrogens (primary N) is 1. The van der Waals surface area contributed by atoms with Crippen LogP contribution in [0.2, 0.25) is 0 Å². The Morgan fingerprint density at radius 1 is 1.35 bits per heavy atom. The molecule has 1 aromatic carbocycles. The largest absolute Gasteiger partial charge is 0.467 e. The summed E-state index contributed by atoms with van der Waals surface area (Å²) < 4.78 is 6.41. The molecule has 0 amide bonds. The van der Waals surface area contributed by atoms with E-state index in [0.29, 0.717) is 11.7 Å². The zero-order valence-corrected chi connectivity index (χ0v) is 16.1. The van der Waals surface area contributed by atoms with Gasteiger partial charge in [0, 0.05) is 11.3 Å². The van der Waals surface area contributed by atoms with Gasteiger partial charge in [-0.3, -0.25) is 9.36 Å². The van der Waals surface area contributed by atoms with Gasteiger partial charge in [-0.2, -0.15) is 0 Å². The van der Waals surface area contributed by atoms with Crippen molar-refractivity contribution in [3.05, 3.63) is 46.2 Å². The number of esters is 1. The summed E-state index contributed by atoms with van der Waals surface area (Å²) in [6.45, 7) is 4.31. The van der Waals surface area contributed by atoms with E-state index in [0.717, 1.165) is 34.6 Å². The molecule has 1 aliphatic rings. The van der Waals surface area contributed by atoms with Crippen LogP contribution < -0.4 is 11.3 Å². The molecule has 0 radical (unpaired) electrons. The molecular formula is C20H24N2O3S. The van der Waals surface area contributed by atoms with Gasteiger partial charge in [0.2, 0.25) is 0 Å². The Hall–Kier alpha value is -2.21. The summed E-state index contributed by atoms with van der Waals surface area (Å²) in [5, 5.41) is 0.810. The Labute approximate surface area is 157 Å². The molecular weight excluding hydrogens is 348 g/mol. The van der Waals surface area contributed by atoms with Crippen LogP contribution in [-0.4, -0.2) is 23.4 Å². The van der Waals surface area contributed by atoms with E-state index in [1.165, 1.54) is 23.4 Å². The minimum Gasteiger partial charge on any atom is -0.467 e. The molecule has 1 aliphatic heterocycles. The maximum Gasteiger partial charge on any atom is 0.329 e. The molecule has 1 unspecified atom stereocenters. The minimum absolute atomic E-state index is 0.240. The number of benzene rings is 1. The topological polar surface area (TPSA) is 74.3 Å². The van der Waals surface area contributed by atoms with E-state index in [4.69, 9.17) is 10.5 Å². The fourth-order valence-electron chi connectivity index (χ4n) is 3.30. The van der Waals surface area contributed by atoms with E-state index in [-0.39, 0.29) is 11.2 Å². The molecule has 2 heterocycles. The number of thioether (sulfide) groups is 1. The average Bonchev–Trinajstić information content (AvgIpc) is 3.08. The number of nitrogens with zero attached hydrogens (tertiary/aromatic N) is 1. The third-order valence-corrected chi connectivity index (χ3v) is 5.86. The highest BCUT2D eigenvalue weighted by molar-refractivity contribution is 7.99. The number of ether oxygens (including phenoxy) is 1. The summed E-state index contributed by atoms with van der Waals surface area (Å²) in [6.07, 6.45) is 1.68. The van der Waals surface area contributed by atoms with Crippen LogP contribution in [0.5, 0.6) is 0 Å². The summed E-state index contributed by atoms with van der Waals surface area (Å²) >= 11 is 1.52. The minimum atomic E-state index is -0.628. The molecule has 0 bridgehead atoms. The standard InChI is InChI=1S/C20H24N2O3S/c1-12(2)9-10-14-16(13-7-5-4-6-8-13)19-22(18(23)17(14)21)15(11-26-19)20(24)25-3/h4-8,12,15H,9-11,21H2,1-3H3. The van der Waals surface area contributed by atoms with Crippen molar-refractivity contribution in [3.8, 4) is 11.1 Å². The maximum atomic E-state index is 13.0. The highest BCUT2D eigenvalue weighted by atomic mass is 32.2. The molecule has 26 heavy (non-hydrogen) atoms. The van der Waals surface area contributed by atoms with Crippen molar-refractivity contribution in [3.63, 3.8) is 0 Å². The van der Waals surface area contributed by atoms with E-state index < -0.39 is 12.0 Å². The molecule has 0 saturated carbocycles. The van der Waals surface area contributed by atoms with Crippen LogP contribution in [0.3, 0.4) is 0 Å². The number of carbonyl (C=O) groups is 1. The molecule has 2 N–H and O–H groups in total. The lowest BCUT2D eigenvalue weighted by Gasteiger charge is -2.20. The highest BCUT2D eigenvalue weighted by Crippen LogP contribution is 2.43. The molecule has 2 aromatic rings. The Kier molecular flexibility index (Phi) is 5.41. The SMILES string of the molecule is COC(=O)C1CSc2c(-c3ccccc3)c(CCC(C)C)c(N)c(=O)n21. The number of rotatable bonds is 5. The van der Waals surface area contributed by atoms with Crippen LogP contribution in [0.4, 0.5) is 5.69 Å². The number of pyridine rings is 1. The van der Waals surface area contributed by atoms with Crippen molar-refractivity contribution < 1.29 is 9.53 Å². The van der Waals surface area contributed by atoms with Crippen LogP contribution in [0, 0.1) is 5.92 Å². The first-order valence-corrected chi connectivity index (χ1v) is 9.77. The van der Waals surface area contributed by atoms with Gasteiger partial charge in [-0.25, -0.2) is 4.79 Å². The van der Waals surface area contributed by atoms with Gasteiger partial charge in [0.05, 0.1) is 12.1 Å². The third kappa shape index (κ3) is 3.26. The van der Waals surface area contributed by atoms with Gasteiger partial charge < -0.3 is 10.5 Å². The normalized spacial score (nSPS) is 15.9. The second-order valence-electron chi connectivity index (χ2n) is 6.90. The number of carbonyl (C=O) groups excluding carboxylic acids is 1. The lowest BCUT2D eigenvalue weighted by atomic mass is 9.94. The Morgan fingerprint density at radius 3 is 2.65 bits per heavy atom. The zero-order chi connectivity index (χ0) is 18.8. The highest BCUT2D eigenvalue weighted by Gasteiger charge is 2.35. The lowest BCUT2D eigenvalue weighted by Crippen LogP contribution is -2.32. The van der Waals surface area contributed by atoms with Crippen LogP contribution in [0.1, 0.15) is 31.9 Å². The van der Waals surface area contributed by atoms with E-state index in [1.807, 2.05) is 30.3 Å². The smallest absolute Gasteiger partial charge is 0.329 e. The predicted molar refractivity (Wildman–Crippen MR) is 105 cm³/mol. The first kappa shape index (κ1) is 18.6. The molecule has 1 aromatic heterocycles. The van der Waals surface area contributed by atoms with Crippen molar-refractivity contribution in [1.82, 2.24) is 4.57 Å². The Bertz CT molecular complexity index is 875. The lowest BCUT2D eigenvalue weighted by molar-refractivity contribution is -0.143. The zero-order valence-electron chi connectivity index (χ0n) is 15.3. The van der Waals surface area contributed by atoms with E-state index >= 15 is 0 Å². The molecule has 0 aliphatic carbocycles. The van der Waals surface area contributed by atoms with Crippen LogP contribution >= 0.6 is 11.8 Å². The molecule has 0 spiro atoms. The summed E-state index contributed by atoms with van der Waals surface area (Å²) in [7, 11) is 1.34. The van der Waals surface area contributed by atoms with Gasteiger partial charge in [0.25, 0.3) is 5.56 Å². The fraction of sp³-hybridized carbons (Fsp3) is 0.400. The number of fused-ring (bicyclic) bond motifs is 1. The molecule has 3 rings (SSSR count). The summed E-state index contributed by atoms with van der Waals surface area (Å²) in [5.74, 6) is 0.575. The predicted octanol–water partition coefficient (Wildman–Crippen LogP) is 3.51. The maximum absolute atomic E-state index is 13.0. The van der Waals surface area contributed by atoms with Crippen LogP contribution in [-0.2, 0) is 16.0 Å². The van der Waals surface area contributed by atoms with Gasteiger partial charge in [0.1, 0.15) is 11.7 Å². The fourth-order valence-corrected chi connectivity index (χ4v) is 4.63. The van der Waals surface area contributed by atoms with Crippen molar-refractivity contribution in [2.75, 3.05) is 18.6 Å². The average molecular weight is 372 g/mol. The number of aromatic nitrogens is 1. The summed E-state index contributed by atoms with van der Waals surface area (Å²) in [5.41, 5.74) is 9.11. The number of hydrogen-bond acceptors (Lipinski definition) is 5. The Morgan fingerprint density at radius 2 is 2.04 bits per heavy atom. The van der Waals surface area contributed by atoms with Gasteiger partial charge in [-0.15, -0.1) is 11.8 Å². The Balaban J connectivity index is 2.26. The van der Waals surface area contributed by atoms with Crippen LogP contribution in [0.15, 0.2) is 40.2 Å². The molecule has 6 heteroatoms. The second kappa shape index (κ2) is 7.58. The summed E-state index contributed by atoms with van der Waals surface area (Å²) in [6, 6.07) is 9.31. The molecule has 0 saturated heterocycles. The van der Waals surface area contributed by atoms with Crippen LogP contribution in [0.25, 0.3) is 11.1 Å². The van der Waals surface area contributed by atoms with Gasteiger partial charge in [-0.05, 0) is 29.9 Å². The van der Waals surface area contributed by atoms with E-state index in [1.54, 1.807) is 0 Å². The van der Waals surface area contributed by atoms with E-state index in [2.05, 4.69) is 13.8 Å². The molecule has 0 fully saturated rings. The number of hydrogen-bond donors (Lipinski definition) is 1. The van der Waals surface area contributed by atoms with Crippen molar-refractivity contribution >= 4 is 23.4 Å². The molecule has 5 nitrogen and oxygen atoms in total. The van der Waals surface area contributed by atoms with Crippen molar-refractivity contribution in [1.29, 1.82) is 0 Å². The van der Waals surface area contributed by atoms with Gasteiger partial charge >= 0.3 is 5.97 Å². The number of nitrogen functional groups attached to an aromatic ring is 1. The number of anilines is 1. The van der Waals surface area contributed by atoms with Crippen molar-refractivity contribution in [2.45, 2.75) is 37.8 Å². The van der Waals surface area contributed by atoms with E-state index in [9.17, 15) is 9.59 Å². The molecule has 1 atom stereocenters. The molecule has 138 valence electrons. The third-order valence-electron chi connectivity index (χ3n) is 4.71. The quantitative estimate of drug-likeness (QED) is 0.813. The first-order chi connectivity index (χ1) is 12.5. The van der Waals surface area contributed by atoms with Gasteiger partial charge in [-0.1, -0.05) is 44.2 Å². The van der Waals surface area contributed by atoms with Crippen molar-refractivity contribution in [2.24, 2.45) is 5.92 Å². The monoisotopic (exact) mass is 372 g/mol. The van der Waals surface area contributed by atoms with Gasteiger partial charge in [0.15, 0.2) is 0 Å². The number of methoxy groups -OCH3 is 1. The first-order valence-electron chi connectivity index (χ1n) is 8.78. The summed E-state index contributed by atoms with van der Waals surface area (Å²) in [4.78, 5) is 25.1. The second-order valence-corrected chi connectivity index (χ2v) is 7.90.